The van der Waals surface area contributed by atoms with E-state index in [1.165, 1.54) is 32.6 Å². The van der Waals surface area contributed by atoms with E-state index >= 15 is 0 Å². The van der Waals surface area contributed by atoms with Crippen LogP contribution in [0.25, 0.3) is 60.5 Å². The molecule has 0 saturated heterocycles. The van der Waals surface area contributed by atoms with Crippen molar-refractivity contribution in [1.29, 1.82) is 0 Å². The Labute approximate surface area is 320 Å². The minimum atomic E-state index is 1.09. The number of benzene rings is 9. The molecule has 1 aliphatic heterocycles. The van der Waals surface area contributed by atoms with Gasteiger partial charge in [-0.05, 0) is 118 Å². The van der Waals surface area contributed by atoms with E-state index in [1.807, 2.05) is 0 Å². The molecular weight excluding hydrogens is 667 g/mol. The van der Waals surface area contributed by atoms with Crippen molar-refractivity contribution in [2.75, 3.05) is 9.80 Å². The second-order valence-electron chi connectivity index (χ2n) is 14.3. The molecule has 11 rings (SSSR count). The van der Waals surface area contributed by atoms with E-state index in [9.17, 15) is 0 Å². The molecule has 0 N–H and O–H groups in total. The average Bonchev–Trinajstić information content (AvgIpc) is 3.60. The summed E-state index contributed by atoms with van der Waals surface area (Å²) >= 11 is 0. The molecule has 0 saturated carbocycles. The molecule has 0 unspecified atom stereocenters. The summed E-state index contributed by atoms with van der Waals surface area (Å²) < 4.78 is 2.42. The molecule has 0 aliphatic carbocycles. The molecule has 3 nitrogen and oxygen atoms in total. The van der Waals surface area contributed by atoms with Crippen molar-refractivity contribution in [3.63, 3.8) is 0 Å². The van der Waals surface area contributed by atoms with Gasteiger partial charge < -0.3 is 14.4 Å². The summed E-state index contributed by atoms with van der Waals surface area (Å²) in [6, 6.07) is 77.4. The fourth-order valence-electron chi connectivity index (χ4n) is 8.51. The van der Waals surface area contributed by atoms with E-state index in [0.29, 0.717) is 0 Å². The maximum atomic E-state index is 2.44. The predicted molar refractivity (Wildman–Crippen MR) is 232 cm³/mol. The third-order valence-corrected chi connectivity index (χ3v) is 11.0. The highest BCUT2D eigenvalue weighted by atomic mass is 15.2. The summed E-state index contributed by atoms with van der Waals surface area (Å²) in [4.78, 5) is 4.82. The van der Waals surface area contributed by atoms with E-state index < -0.39 is 0 Å². The molecule has 1 aliphatic rings. The zero-order valence-corrected chi connectivity index (χ0v) is 30.0. The number of anilines is 6. The lowest BCUT2D eigenvalue weighted by molar-refractivity contribution is 1.17. The smallest absolute Gasteiger partial charge is 0.0782 e. The fourth-order valence-corrected chi connectivity index (χ4v) is 8.51. The Morgan fingerprint density at radius 3 is 1.38 bits per heavy atom. The monoisotopic (exact) mass is 701 g/mol. The van der Waals surface area contributed by atoms with Gasteiger partial charge in [-0.3, -0.25) is 0 Å². The molecule has 0 fully saturated rings. The molecule has 0 atom stereocenters. The van der Waals surface area contributed by atoms with Crippen LogP contribution in [0.15, 0.2) is 212 Å². The number of hydrogen-bond acceptors (Lipinski definition) is 2. The van der Waals surface area contributed by atoms with Crippen LogP contribution in [0.5, 0.6) is 0 Å². The number of nitrogens with zero attached hydrogens (tertiary/aromatic N) is 3. The second kappa shape index (κ2) is 12.6. The lowest BCUT2D eigenvalue weighted by Gasteiger charge is -2.29. The number of para-hydroxylation sites is 3. The Morgan fingerprint density at radius 1 is 0.273 bits per heavy atom. The minimum Gasteiger partial charge on any atom is -0.310 e. The Kier molecular flexibility index (Phi) is 7.17. The first-order valence-electron chi connectivity index (χ1n) is 18.8. The van der Waals surface area contributed by atoms with Crippen molar-refractivity contribution >= 4 is 66.7 Å². The number of fused-ring (bicyclic) bond motifs is 14. The number of rotatable bonds is 3. The Hall–Kier alpha value is -7.36. The average molecular weight is 702 g/mol. The highest BCUT2D eigenvalue weighted by molar-refractivity contribution is 6.14. The van der Waals surface area contributed by atoms with Crippen LogP contribution in [0, 0.1) is 0 Å². The fraction of sp³-hybridized carbons (Fsp3) is 0. The first kappa shape index (κ1) is 31.2. The van der Waals surface area contributed by atoms with Gasteiger partial charge in [-0.15, -0.1) is 0 Å². The molecule has 3 heteroatoms. The third-order valence-electron chi connectivity index (χ3n) is 11.0. The molecule has 10 aromatic rings. The van der Waals surface area contributed by atoms with Gasteiger partial charge in [-0.1, -0.05) is 127 Å². The lowest BCUT2D eigenvalue weighted by atomic mass is 9.99. The molecule has 1 aromatic heterocycles. The highest BCUT2D eigenvalue weighted by Gasteiger charge is 2.23. The van der Waals surface area contributed by atoms with Gasteiger partial charge in [-0.2, -0.15) is 0 Å². The number of aromatic nitrogens is 1. The summed E-state index contributed by atoms with van der Waals surface area (Å²) in [5.41, 5.74) is 14.7. The lowest BCUT2D eigenvalue weighted by Crippen LogP contribution is -2.12. The van der Waals surface area contributed by atoms with Crippen molar-refractivity contribution < 1.29 is 0 Å². The van der Waals surface area contributed by atoms with Crippen molar-refractivity contribution in [2.45, 2.75) is 0 Å². The van der Waals surface area contributed by atoms with E-state index in [-0.39, 0.29) is 0 Å². The van der Waals surface area contributed by atoms with Crippen molar-refractivity contribution in [1.82, 2.24) is 4.57 Å². The first-order chi connectivity index (χ1) is 27.3. The Balaban J connectivity index is 1.19. The van der Waals surface area contributed by atoms with Crippen molar-refractivity contribution in [3.8, 4) is 27.9 Å². The van der Waals surface area contributed by atoms with Crippen LogP contribution in [-0.2, 0) is 0 Å². The summed E-state index contributed by atoms with van der Waals surface area (Å²) in [5.74, 6) is 0. The van der Waals surface area contributed by atoms with Gasteiger partial charge in [0.25, 0.3) is 0 Å². The maximum Gasteiger partial charge on any atom is 0.0782 e. The molecule has 0 radical (unpaired) electrons. The molecule has 0 spiro atoms. The van der Waals surface area contributed by atoms with E-state index in [0.717, 1.165) is 62.1 Å². The van der Waals surface area contributed by atoms with Crippen LogP contribution in [0.2, 0.25) is 0 Å². The molecule has 258 valence electrons. The van der Waals surface area contributed by atoms with Gasteiger partial charge in [0.15, 0.2) is 0 Å². The molecule has 2 heterocycles. The predicted octanol–water partition coefficient (Wildman–Crippen LogP) is 14.5. The molecular formula is C52H35N3. The van der Waals surface area contributed by atoms with Gasteiger partial charge in [-0.25, -0.2) is 0 Å². The quantitative estimate of drug-likeness (QED) is 0.182. The Bertz CT molecular complexity index is 2980. The van der Waals surface area contributed by atoms with Crippen LogP contribution < -0.4 is 9.80 Å². The maximum absolute atomic E-state index is 2.44. The van der Waals surface area contributed by atoms with Gasteiger partial charge in [0.1, 0.15) is 0 Å². The highest BCUT2D eigenvalue weighted by Crippen LogP contribution is 2.46. The minimum absolute atomic E-state index is 1.09. The van der Waals surface area contributed by atoms with E-state index in [4.69, 9.17) is 0 Å². The van der Waals surface area contributed by atoms with Gasteiger partial charge in [0, 0.05) is 44.9 Å². The summed E-state index contributed by atoms with van der Waals surface area (Å²) in [6.07, 6.45) is 0. The third kappa shape index (κ3) is 5.20. The summed E-state index contributed by atoms with van der Waals surface area (Å²) in [7, 11) is 0. The molecule has 55 heavy (non-hydrogen) atoms. The topological polar surface area (TPSA) is 11.4 Å². The van der Waals surface area contributed by atoms with Crippen LogP contribution in [0.4, 0.5) is 34.1 Å². The summed E-state index contributed by atoms with van der Waals surface area (Å²) in [6.45, 7) is 0. The van der Waals surface area contributed by atoms with E-state index in [1.54, 1.807) is 0 Å². The van der Waals surface area contributed by atoms with Gasteiger partial charge in [0.2, 0.25) is 0 Å². The van der Waals surface area contributed by atoms with Crippen molar-refractivity contribution in [3.05, 3.63) is 212 Å². The zero-order chi connectivity index (χ0) is 36.3. The largest absolute Gasteiger partial charge is 0.310 e. The SMILES string of the molecule is c1ccc(-n2c3ccccc3c3cccc(N4c5cccc(c5)-c5cccc(c5)N(c5ccc6ccccc6c5)c5cccc(c5)-c5cccc4c5)c32)cc1. The standard InChI is InChI=1S/C52H35N3/c1-2-19-42(20-3-1)55-50-27-7-6-25-48(50)49-26-12-28-51(52(49)55)54-45-23-10-17-40(34-45)38-15-8-21-43(32-38)53(47-30-29-36-13-4-5-14-37(36)31-47)44-22-9-16-39(33-44)41-18-11-24-46(54)35-41/h1-35H. The first-order valence-corrected chi connectivity index (χ1v) is 18.8. The van der Waals surface area contributed by atoms with Gasteiger partial charge >= 0.3 is 0 Å². The van der Waals surface area contributed by atoms with Crippen LogP contribution in [0.3, 0.4) is 0 Å². The van der Waals surface area contributed by atoms with Crippen LogP contribution >= 0.6 is 0 Å². The van der Waals surface area contributed by atoms with E-state index in [2.05, 4.69) is 227 Å². The normalized spacial score (nSPS) is 12.3. The zero-order valence-electron chi connectivity index (χ0n) is 30.0. The number of hydrogen-bond donors (Lipinski definition) is 0. The molecule has 0 amide bonds. The van der Waals surface area contributed by atoms with Crippen LogP contribution in [-0.4, -0.2) is 4.57 Å². The van der Waals surface area contributed by atoms with Crippen molar-refractivity contribution in [2.24, 2.45) is 0 Å². The molecule has 9 aromatic carbocycles. The van der Waals surface area contributed by atoms with Crippen LogP contribution in [0.1, 0.15) is 0 Å². The Morgan fingerprint density at radius 2 is 0.745 bits per heavy atom. The summed E-state index contributed by atoms with van der Waals surface area (Å²) in [5, 5.41) is 4.90. The van der Waals surface area contributed by atoms with Gasteiger partial charge in [0.05, 0.1) is 16.7 Å². The molecule has 8 bridgehead atoms. The second-order valence-corrected chi connectivity index (χ2v) is 14.3.